The van der Waals surface area contributed by atoms with Crippen LogP contribution in [-0.4, -0.2) is 36.8 Å². The summed E-state index contributed by atoms with van der Waals surface area (Å²) in [6, 6.07) is 7.10. The van der Waals surface area contributed by atoms with Crippen molar-refractivity contribution in [2.75, 3.05) is 24.6 Å². The van der Waals surface area contributed by atoms with Gasteiger partial charge in [0.15, 0.2) is 0 Å². The lowest BCUT2D eigenvalue weighted by molar-refractivity contribution is -0.123. The molecule has 5 heteroatoms. The second-order valence-corrected chi connectivity index (χ2v) is 4.43. The average Bonchev–Trinajstić information content (AvgIpc) is 2.33. The molecular formula is C12H15ClN2O2. The highest BCUT2D eigenvalue weighted by atomic mass is 35.5. The summed E-state index contributed by atoms with van der Waals surface area (Å²) in [5, 5.41) is 12.5. The zero-order valence-electron chi connectivity index (χ0n) is 9.40. The molecule has 0 saturated carbocycles. The van der Waals surface area contributed by atoms with E-state index in [1.165, 1.54) is 0 Å². The van der Waals surface area contributed by atoms with Gasteiger partial charge in [-0.2, -0.15) is 0 Å². The smallest absolute Gasteiger partial charge is 0.242 e. The number of aliphatic hydroxyl groups excluding tert-OH is 1. The van der Waals surface area contributed by atoms with Gasteiger partial charge in [-0.3, -0.25) is 4.79 Å². The molecule has 0 spiro atoms. The van der Waals surface area contributed by atoms with E-state index in [4.69, 9.17) is 16.7 Å². The number of nitrogens with one attached hydrogen (secondary N) is 1. The van der Waals surface area contributed by atoms with Crippen LogP contribution in [0.3, 0.4) is 0 Å². The van der Waals surface area contributed by atoms with Crippen molar-refractivity contribution in [2.45, 2.75) is 12.5 Å². The number of hydrogen-bond acceptors (Lipinski definition) is 3. The van der Waals surface area contributed by atoms with E-state index >= 15 is 0 Å². The third-order valence-electron chi connectivity index (χ3n) is 2.89. The van der Waals surface area contributed by atoms with Crippen molar-refractivity contribution in [1.82, 2.24) is 5.32 Å². The molecule has 17 heavy (non-hydrogen) atoms. The second kappa shape index (κ2) is 5.38. The second-order valence-electron chi connectivity index (χ2n) is 3.99. The maximum atomic E-state index is 11.7. The summed E-state index contributed by atoms with van der Waals surface area (Å²) < 4.78 is 0. The number of piperazine rings is 1. The van der Waals surface area contributed by atoms with Gasteiger partial charge in [-0.1, -0.05) is 11.6 Å². The molecule has 0 aromatic heterocycles. The van der Waals surface area contributed by atoms with Gasteiger partial charge in [0.05, 0.1) is 0 Å². The average molecular weight is 255 g/mol. The number of hydrogen-bond donors (Lipinski definition) is 2. The summed E-state index contributed by atoms with van der Waals surface area (Å²) in [4.78, 5) is 13.8. The molecule has 1 aromatic carbocycles. The van der Waals surface area contributed by atoms with Crippen LogP contribution >= 0.6 is 11.6 Å². The molecule has 0 radical (unpaired) electrons. The standard InChI is InChI=1S/C12H15ClN2O2/c13-9-1-3-10(4-2-9)15-7-6-14-12(17)11(15)5-8-16/h1-4,11,16H,5-8H2,(H,14,17). The molecule has 0 bridgehead atoms. The molecule has 0 aliphatic carbocycles. The predicted molar refractivity (Wildman–Crippen MR) is 67.3 cm³/mol. The van der Waals surface area contributed by atoms with E-state index in [9.17, 15) is 4.79 Å². The SMILES string of the molecule is O=C1NCCN(c2ccc(Cl)cc2)C1CCO. The van der Waals surface area contributed by atoms with Gasteiger partial charge in [-0.15, -0.1) is 0 Å². The molecule has 92 valence electrons. The number of aliphatic hydroxyl groups is 1. The van der Waals surface area contributed by atoms with Crippen LogP contribution in [-0.2, 0) is 4.79 Å². The zero-order valence-corrected chi connectivity index (χ0v) is 10.2. The van der Waals surface area contributed by atoms with Crippen molar-refractivity contribution in [3.8, 4) is 0 Å². The van der Waals surface area contributed by atoms with Crippen LogP contribution in [0.25, 0.3) is 0 Å². The normalized spacial score (nSPS) is 20.2. The summed E-state index contributed by atoms with van der Waals surface area (Å²) in [7, 11) is 0. The molecular weight excluding hydrogens is 240 g/mol. The van der Waals surface area contributed by atoms with Crippen molar-refractivity contribution in [3.05, 3.63) is 29.3 Å². The van der Waals surface area contributed by atoms with Crippen LogP contribution < -0.4 is 10.2 Å². The quantitative estimate of drug-likeness (QED) is 0.847. The molecule has 1 saturated heterocycles. The van der Waals surface area contributed by atoms with E-state index in [1.807, 2.05) is 17.0 Å². The lowest BCUT2D eigenvalue weighted by Crippen LogP contribution is -2.55. The summed E-state index contributed by atoms with van der Waals surface area (Å²) in [5.74, 6) is -0.0275. The van der Waals surface area contributed by atoms with Gasteiger partial charge >= 0.3 is 0 Å². The Morgan fingerprint density at radius 1 is 1.41 bits per heavy atom. The van der Waals surface area contributed by atoms with Gasteiger partial charge in [0.2, 0.25) is 5.91 Å². The lowest BCUT2D eigenvalue weighted by atomic mass is 10.1. The van der Waals surface area contributed by atoms with E-state index in [-0.39, 0.29) is 18.6 Å². The summed E-state index contributed by atoms with van der Waals surface area (Å²) in [6.07, 6.45) is 0.439. The van der Waals surface area contributed by atoms with E-state index in [1.54, 1.807) is 12.1 Å². The summed E-state index contributed by atoms with van der Waals surface area (Å²) >= 11 is 5.84. The molecule has 1 aliphatic rings. The number of carbonyl (C=O) groups excluding carboxylic acids is 1. The van der Waals surface area contributed by atoms with Crippen LogP contribution in [0.15, 0.2) is 24.3 Å². The van der Waals surface area contributed by atoms with Crippen LogP contribution in [0.4, 0.5) is 5.69 Å². The Morgan fingerprint density at radius 2 is 2.12 bits per heavy atom. The van der Waals surface area contributed by atoms with Crippen molar-refractivity contribution >= 4 is 23.2 Å². The largest absolute Gasteiger partial charge is 0.396 e. The monoisotopic (exact) mass is 254 g/mol. The van der Waals surface area contributed by atoms with Crippen LogP contribution in [0.2, 0.25) is 5.02 Å². The highest BCUT2D eigenvalue weighted by molar-refractivity contribution is 6.30. The fourth-order valence-electron chi connectivity index (χ4n) is 2.07. The number of anilines is 1. The highest BCUT2D eigenvalue weighted by Crippen LogP contribution is 2.22. The zero-order chi connectivity index (χ0) is 12.3. The van der Waals surface area contributed by atoms with Crippen molar-refractivity contribution < 1.29 is 9.90 Å². The number of nitrogens with zero attached hydrogens (tertiary/aromatic N) is 1. The molecule has 1 aliphatic heterocycles. The van der Waals surface area contributed by atoms with Crippen molar-refractivity contribution in [3.63, 3.8) is 0 Å². The minimum atomic E-state index is -0.296. The maximum Gasteiger partial charge on any atom is 0.242 e. The molecule has 2 N–H and O–H groups in total. The van der Waals surface area contributed by atoms with Gasteiger partial charge in [0, 0.05) is 30.4 Å². The van der Waals surface area contributed by atoms with Gasteiger partial charge in [0.25, 0.3) is 0 Å². The van der Waals surface area contributed by atoms with Crippen LogP contribution in [0, 0.1) is 0 Å². The van der Waals surface area contributed by atoms with Crippen LogP contribution in [0.1, 0.15) is 6.42 Å². The Bertz CT molecular complexity index is 394. The lowest BCUT2D eigenvalue weighted by Gasteiger charge is -2.36. The Kier molecular flexibility index (Phi) is 3.86. The van der Waals surface area contributed by atoms with Gasteiger partial charge < -0.3 is 15.3 Å². The number of amides is 1. The topological polar surface area (TPSA) is 52.6 Å². The Hall–Kier alpha value is -1.26. The van der Waals surface area contributed by atoms with Crippen molar-refractivity contribution in [2.24, 2.45) is 0 Å². The fraction of sp³-hybridized carbons (Fsp3) is 0.417. The first kappa shape index (κ1) is 12.2. The summed E-state index contributed by atoms with van der Waals surface area (Å²) in [6.45, 7) is 1.38. The Balaban J connectivity index is 2.21. The van der Waals surface area contributed by atoms with Crippen molar-refractivity contribution in [1.29, 1.82) is 0 Å². The highest BCUT2D eigenvalue weighted by Gasteiger charge is 2.29. The van der Waals surface area contributed by atoms with Gasteiger partial charge in [0.1, 0.15) is 6.04 Å². The van der Waals surface area contributed by atoms with E-state index in [0.29, 0.717) is 18.0 Å². The third kappa shape index (κ3) is 2.70. The molecule has 2 rings (SSSR count). The van der Waals surface area contributed by atoms with Gasteiger partial charge in [-0.25, -0.2) is 0 Å². The fourth-order valence-corrected chi connectivity index (χ4v) is 2.19. The number of rotatable bonds is 3. The van der Waals surface area contributed by atoms with E-state index in [2.05, 4.69) is 5.32 Å². The molecule has 1 unspecified atom stereocenters. The van der Waals surface area contributed by atoms with E-state index < -0.39 is 0 Å². The molecule has 1 atom stereocenters. The first-order chi connectivity index (χ1) is 8.22. The Morgan fingerprint density at radius 3 is 2.76 bits per heavy atom. The molecule has 1 aromatic rings. The minimum Gasteiger partial charge on any atom is -0.396 e. The first-order valence-electron chi connectivity index (χ1n) is 5.63. The predicted octanol–water partition coefficient (Wildman–Crippen LogP) is 1.03. The number of halogens is 1. The molecule has 1 fully saturated rings. The molecule has 1 heterocycles. The number of carbonyl (C=O) groups is 1. The maximum absolute atomic E-state index is 11.7. The Labute approximate surface area is 105 Å². The van der Waals surface area contributed by atoms with Crippen LogP contribution in [0.5, 0.6) is 0 Å². The molecule has 1 amide bonds. The molecule has 4 nitrogen and oxygen atoms in total. The minimum absolute atomic E-state index is 0.00216. The number of benzene rings is 1. The van der Waals surface area contributed by atoms with Gasteiger partial charge in [-0.05, 0) is 30.7 Å². The third-order valence-corrected chi connectivity index (χ3v) is 3.14. The summed E-state index contributed by atoms with van der Waals surface area (Å²) in [5.41, 5.74) is 0.961. The van der Waals surface area contributed by atoms with E-state index in [0.717, 1.165) is 12.2 Å². The first-order valence-corrected chi connectivity index (χ1v) is 6.01.